The van der Waals surface area contributed by atoms with Gasteiger partial charge in [0.1, 0.15) is 6.61 Å². The highest BCUT2D eigenvalue weighted by atomic mass is 35.5. The molecule has 0 saturated carbocycles. The molecule has 0 aromatic heterocycles. The number of benzene rings is 1. The zero-order chi connectivity index (χ0) is 12.6. The van der Waals surface area contributed by atoms with Crippen LogP contribution in [0.3, 0.4) is 0 Å². The Morgan fingerprint density at radius 1 is 1.26 bits per heavy atom. The number of carbonyl (C=O) groups excluding carboxylic acids is 1. The molecule has 106 valence electrons. The van der Waals surface area contributed by atoms with E-state index in [0.29, 0.717) is 6.61 Å². The summed E-state index contributed by atoms with van der Waals surface area (Å²) in [6.45, 7) is 4.49. The fraction of sp³-hybridized carbons (Fsp3) is 0.462. The van der Waals surface area contributed by atoms with E-state index in [1.165, 1.54) is 0 Å². The Morgan fingerprint density at radius 2 is 1.95 bits per heavy atom. The molecule has 6 heteroatoms. The Kier molecular flexibility index (Phi) is 7.25. The summed E-state index contributed by atoms with van der Waals surface area (Å²) in [5.74, 6) is 0. The van der Waals surface area contributed by atoms with E-state index in [1.54, 1.807) is 0 Å². The number of halogens is 1. The van der Waals surface area contributed by atoms with Crippen LogP contribution < -0.4 is 5.32 Å². The first-order valence-electron chi connectivity index (χ1n) is 6.13. The highest BCUT2D eigenvalue weighted by Gasteiger charge is 2.10. The number of nitrogens with zero attached hydrogens (tertiary/aromatic N) is 1. The van der Waals surface area contributed by atoms with Gasteiger partial charge in [0.15, 0.2) is 0 Å². The average Bonchev–Trinajstić information content (AvgIpc) is 2.41. The van der Waals surface area contributed by atoms with Crippen molar-refractivity contribution in [2.45, 2.75) is 0 Å². The highest BCUT2D eigenvalue weighted by molar-refractivity contribution is 5.85. The van der Waals surface area contributed by atoms with Crippen LogP contribution in [0.1, 0.15) is 0 Å². The third kappa shape index (κ3) is 5.92. The first-order valence-corrected chi connectivity index (χ1v) is 6.13. The van der Waals surface area contributed by atoms with Crippen LogP contribution in [0.4, 0.5) is 10.5 Å². The smallest absolute Gasteiger partial charge is 0.411 e. The maximum absolute atomic E-state index is 11.5. The molecule has 19 heavy (non-hydrogen) atoms. The van der Waals surface area contributed by atoms with E-state index in [9.17, 15) is 4.79 Å². The van der Waals surface area contributed by atoms with Gasteiger partial charge in [-0.3, -0.25) is 10.2 Å². The van der Waals surface area contributed by atoms with Crippen molar-refractivity contribution in [2.75, 3.05) is 44.8 Å². The van der Waals surface area contributed by atoms with Gasteiger partial charge in [0.05, 0.1) is 13.2 Å². The van der Waals surface area contributed by atoms with Gasteiger partial charge in [0.2, 0.25) is 0 Å². The minimum Gasteiger partial charge on any atom is -0.448 e. The number of nitrogens with one attached hydrogen (secondary N) is 1. The average molecular weight is 287 g/mol. The summed E-state index contributed by atoms with van der Waals surface area (Å²) < 4.78 is 10.4. The van der Waals surface area contributed by atoms with Crippen LogP contribution in [-0.2, 0) is 9.47 Å². The lowest BCUT2D eigenvalue weighted by Crippen LogP contribution is -2.38. The lowest BCUT2D eigenvalue weighted by Gasteiger charge is -2.26. The van der Waals surface area contributed by atoms with Crippen molar-refractivity contribution in [3.05, 3.63) is 30.3 Å². The molecule has 1 aromatic carbocycles. The van der Waals surface area contributed by atoms with Crippen LogP contribution in [0.15, 0.2) is 30.3 Å². The molecule has 0 spiro atoms. The molecule has 0 aliphatic carbocycles. The number of para-hydroxylation sites is 1. The number of morpholine rings is 1. The number of rotatable bonds is 4. The number of amides is 1. The molecule has 1 aliphatic rings. The molecule has 1 aliphatic heterocycles. The van der Waals surface area contributed by atoms with E-state index in [4.69, 9.17) is 9.47 Å². The van der Waals surface area contributed by atoms with E-state index >= 15 is 0 Å². The fourth-order valence-electron chi connectivity index (χ4n) is 1.77. The summed E-state index contributed by atoms with van der Waals surface area (Å²) in [5, 5.41) is 2.68. The quantitative estimate of drug-likeness (QED) is 0.920. The van der Waals surface area contributed by atoms with Crippen molar-refractivity contribution in [1.82, 2.24) is 4.90 Å². The summed E-state index contributed by atoms with van der Waals surface area (Å²) in [6, 6.07) is 9.27. The van der Waals surface area contributed by atoms with Gasteiger partial charge in [0, 0.05) is 25.3 Å². The van der Waals surface area contributed by atoms with Crippen molar-refractivity contribution in [1.29, 1.82) is 0 Å². The van der Waals surface area contributed by atoms with E-state index in [2.05, 4.69) is 10.2 Å². The molecule has 5 nitrogen and oxygen atoms in total. The van der Waals surface area contributed by atoms with Crippen LogP contribution in [0.25, 0.3) is 0 Å². The minimum atomic E-state index is -0.408. The predicted molar refractivity (Wildman–Crippen MR) is 75.9 cm³/mol. The Morgan fingerprint density at radius 3 is 2.63 bits per heavy atom. The molecule has 1 N–H and O–H groups in total. The summed E-state index contributed by atoms with van der Waals surface area (Å²) in [4.78, 5) is 13.7. The van der Waals surface area contributed by atoms with E-state index < -0.39 is 6.09 Å². The maximum Gasteiger partial charge on any atom is 0.411 e. The van der Waals surface area contributed by atoms with Crippen LogP contribution in [0.5, 0.6) is 0 Å². The second-order valence-electron chi connectivity index (χ2n) is 4.08. The monoisotopic (exact) mass is 286 g/mol. The molecular formula is C13H19ClN2O3. The van der Waals surface area contributed by atoms with Gasteiger partial charge in [-0.1, -0.05) is 18.2 Å². The molecular weight excluding hydrogens is 268 g/mol. The van der Waals surface area contributed by atoms with Gasteiger partial charge in [0.25, 0.3) is 0 Å². The normalized spacial score (nSPS) is 15.4. The second kappa shape index (κ2) is 8.74. The molecule has 1 saturated heterocycles. The van der Waals surface area contributed by atoms with Crippen molar-refractivity contribution < 1.29 is 14.3 Å². The van der Waals surface area contributed by atoms with Crippen LogP contribution >= 0.6 is 12.4 Å². The number of carbonyl (C=O) groups is 1. The summed E-state index contributed by atoms with van der Waals surface area (Å²) >= 11 is 0. The first kappa shape index (κ1) is 15.8. The largest absolute Gasteiger partial charge is 0.448 e. The van der Waals surface area contributed by atoms with Gasteiger partial charge in [-0.25, -0.2) is 4.79 Å². The molecule has 1 aromatic rings. The van der Waals surface area contributed by atoms with Gasteiger partial charge < -0.3 is 9.47 Å². The van der Waals surface area contributed by atoms with Crippen LogP contribution in [-0.4, -0.2) is 50.4 Å². The van der Waals surface area contributed by atoms with Crippen molar-refractivity contribution in [3.8, 4) is 0 Å². The van der Waals surface area contributed by atoms with Gasteiger partial charge >= 0.3 is 6.09 Å². The minimum absolute atomic E-state index is 0. The summed E-state index contributed by atoms with van der Waals surface area (Å²) in [6.07, 6.45) is -0.408. The summed E-state index contributed by atoms with van der Waals surface area (Å²) in [7, 11) is 0. The maximum atomic E-state index is 11.5. The molecule has 1 amide bonds. The molecule has 0 atom stereocenters. The SMILES string of the molecule is Cl.O=C(Nc1ccccc1)OCCN1CCOCC1. The lowest BCUT2D eigenvalue weighted by atomic mass is 10.3. The summed E-state index contributed by atoms with van der Waals surface area (Å²) in [5.41, 5.74) is 0.744. The zero-order valence-electron chi connectivity index (χ0n) is 10.7. The highest BCUT2D eigenvalue weighted by Crippen LogP contribution is 2.05. The fourth-order valence-corrected chi connectivity index (χ4v) is 1.77. The van der Waals surface area contributed by atoms with E-state index in [1.807, 2.05) is 30.3 Å². The Bertz CT molecular complexity index is 369. The number of anilines is 1. The van der Waals surface area contributed by atoms with Gasteiger partial charge in [-0.05, 0) is 12.1 Å². The predicted octanol–water partition coefficient (Wildman–Crippen LogP) is 1.99. The topological polar surface area (TPSA) is 50.8 Å². The number of hydrogen-bond acceptors (Lipinski definition) is 4. The number of hydrogen-bond donors (Lipinski definition) is 1. The standard InChI is InChI=1S/C13H18N2O3.ClH/c16-13(14-12-4-2-1-3-5-12)18-11-8-15-6-9-17-10-7-15;/h1-5H,6-11H2,(H,14,16);1H. The van der Waals surface area contributed by atoms with Crippen LogP contribution in [0.2, 0.25) is 0 Å². The lowest BCUT2D eigenvalue weighted by molar-refractivity contribution is 0.0290. The number of ether oxygens (including phenoxy) is 2. The van der Waals surface area contributed by atoms with E-state index in [0.717, 1.165) is 38.5 Å². The van der Waals surface area contributed by atoms with Crippen molar-refractivity contribution in [2.24, 2.45) is 0 Å². The molecule has 0 unspecified atom stereocenters. The zero-order valence-corrected chi connectivity index (χ0v) is 11.5. The Labute approximate surface area is 119 Å². The molecule has 0 radical (unpaired) electrons. The third-order valence-electron chi connectivity index (χ3n) is 2.76. The third-order valence-corrected chi connectivity index (χ3v) is 2.76. The first-order chi connectivity index (χ1) is 8.84. The van der Waals surface area contributed by atoms with Crippen molar-refractivity contribution >= 4 is 24.2 Å². The van der Waals surface area contributed by atoms with Gasteiger partial charge in [-0.15, -0.1) is 12.4 Å². The Balaban J connectivity index is 0.00000180. The van der Waals surface area contributed by atoms with Crippen LogP contribution in [0, 0.1) is 0 Å². The van der Waals surface area contributed by atoms with Crippen molar-refractivity contribution in [3.63, 3.8) is 0 Å². The molecule has 2 rings (SSSR count). The van der Waals surface area contributed by atoms with E-state index in [-0.39, 0.29) is 12.4 Å². The Hall–Kier alpha value is -1.30. The van der Waals surface area contributed by atoms with Gasteiger partial charge in [-0.2, -0.15) is 0 Å². The molecule has 0 bridgehead atoms. The molecule has 1 fully saturated rings. The second-order valence-corrected chi connectivity index (χ2v) is 4.08. The molecule has 1 heterocycles.